The number of benzene rings is 2. The molecule has 1 aliphatic heterocycles. The molecular formula is C34H41BrF3N3O3. The number of piperidine rings is 1. The summed E-state index contributed by atoms with van der Waals surface area (Å²) in [5.41, 5.74) is 0.368. The summed E-state index contributed by atoms with van der Waals surface area (Å²) in [6.07, 6.45) is -1.35. The molecule has 3 aromatic rings. The minimum absolute atomic E-state index is 0.0301. The Morgan fingerprint density at radius 2 is 1.89 bits per heavy atom. The normalized spacial score (nSPS) is 16.6. The van der Waals surface area contributed by atoms with Crippen LogP contribution in [-0.4, -0.2) is 42.1 Å². The van der Waals surface area contributed by atoms with E-state index in [2.05, 4.69) is 33.1 Å². The van der Waals surface area contributed by atoms with Gasteiger partial charge >= 0.3 is 12.1 Å². The van der Waals surface area contributed by atoms with Crippen LogP contribution in [0.4, 0.5) is 19.0 Å². The summed E-state index contributed by atoms with van der Waals surface area (Å²) >= 11 is 3.51. The molecule has 238 valence electrons. The van der Waals surface area contributed by atoms with Crippen molar-refractivity contribution in [3.8, 4) is 0 Å². The van der Waals surface area contributed by atoms with Crippen LogP contribution in [0.1, 0.15) is 92.8 Å². The highest BCUT2D eigenvalue weighted by molar-refractivity contribution is 9.10. The number of pyridine rings is 1. The first kappa shape index (κ1) is 33.7. The third kappa shape index (κ3) is 8.31. The number of esters is 1. The van der Waals surface area contributed by atoms with E-state index >= 15 is 0 Å². The molecule has 1 aliphatic rings. The highest BCUT2D eigenvalue weighted by atomic mass is 79.9. The fourth-order valence-electron chi connectivity index (χ4n) is 5.98. The molecule has 1 saturated heterocycles. The molecule has 10 heteroatoms. The van der Waals surface area contributed by atoms with Gasteiger partial charge in [0.15, 0.2) is 0 Å². The number of aromatic nitrogens is 1. The molecule has 2 aromatic carbocycles. The van der Waals surface area contributed by atoms with Crippen LogP contribution in [0.2, 0.25) is 0 Å². The fourth-order valence-corrected chi connectivity index (χ4v) is 6.34. The molecule has 2 atom stereocenters. The topological polar surface area (TPSA) is 71.5 Å². The number of carbonyl (C=O) groups is 2. The van der Waals surface area contributed by atoms with Crippen molar-refractivity contribution in [2.45, 2.75) is 84.4 Å². The molecule has 6 nitrogen and oxygen atoms in total. The first-order valence-corrected chi connectivity index (χ1v) is 16.0. The summed E-state index contributed by atoms with van der Waals surface area (Å²) in [5.74, 6) is -0.383. The number of anilines is 1. The lowest BCUT2D eigenvalue weighted by molar-refractivity contribution is -0.155. The molecule has 0 saturated carbocycles. The Hall–Kier alpha value is -3.14. The van der Waals surface area contributed by atoms with Crippen LogP contribution in [0.15, 0.2) is 46.9 Å². The number of nitrogens with one attached hydrogen (secondary N) is 1. The van der Waals surface area contributed by atoms with E-state index in [1.54, 1.807) is 26.8 Å². The van der Waals surface area contributed by atoms with E-state index in [0.717, 1.165) is 54.3 Å². The second-order valence-electron chi connectivity index (χ2n) is 12.6. The Morgan fingerprint density at radius 3 is 2.57 bits per heavy atom. The Labute approximate surface area is 265 Å². The molecular weight excluding hydrogens is 635 g/mol. The largest absolute Gasteiger partial charge is 0.460 e. The second kappa shape index (κ2) is 13.9. The van der Waals surface area contributed by atoms with Crippen LogP contribution in [0, 0.1) is 12.8 Å². The van der Waals surface area contributed by atoms with E-state index in [9.17, 15) is 22.8 Å². The number of hydrogen-bond acceptors (Lipinski definition) is 5. The number of alkyl halides is 3. The zero-order valence-corrected chi connectivity index (χ0v) is 27.6. The average Bonchev–Trinajstić information content (AvgIpc) is 2.95. The predicted octanol–water partition coefficient (Wildman–Crippen LogP) is 8.59. The van der Waals surface area contributed by atoms with Crippen LogP contribution in [-0.2, 0) is 15.7 Å². The first-order chi connectivity index (χ1) is 20.7. The third-order valence-corrected chi connectivity index (χ3v) is 8.61. The van der Waals surface area contributed by atoms with Gasteiger partial charge < -0.3 is 15.0 Å². The van der Waals surface area contributed by atoms with E-state index in [1.807, 2.05) is 25.1 Å². The van der Waals surface area contributed by atoms with Gasteiger partial charge in [0.1, 0.15) is 11.4 Å². The summed E-state index contributed by atoms with van der Waals surface area (Å²) < 4.78 is 48.3. The number of amides is 1. The number of hydrogen-bond donors (Lipinski definition) is 1. The van der Waals surface area contributed by atoms with Gasteiger partial charge in [-0.15, -0.1) is 0 Å². The quantitative estimate of drug-likeness (QED) is 0.230. The highest BCUT2D eigenvalue weighted by Gasteiger charge is 2.35. The first-order valence-electron chi connectivity index (χ1n) is 15.2. The van der Waals surface area contributed by atoms with Crippen LogP contribution < -0.4 is 10.2 Å². The summed E-state index contributed by atoms with van der Waals surface area (Å²) in [5, 5.41) is 3.59. The molecule has 0 bridgehead atoms. The highest BCUT2D eigenvalue weighted by Crippen LogP contribution is 2.37. The van der Waals surface area contributed by atoms with Crippen molar-refractivity contribution < 1.29 is 27.5 Å². The van der Waals surface area contributed by atoms with Crippen molar-refractivity contribution in [2.24, 2.45) is 5.92 Å². The lowest BCUT2D eigenvalue weighted by Gasteiger charge is -2.34. The molecule has 0 aliphatic carbocycles. The zero-order chi connectivity index (χ0) is 32.2. The van der Waals surface area contributed by atoms with E-state index in [-0.39, 0.29) is 24.9 Å². The van der Waals surface area contributed by atoms with Gasteiger partial charge in [-0.2, -0.15) is 13.2 Å². The van der Waals surface area contributed by atoms with E-state index < -0.39 is 35.1 Å². The Balaban J connectivity index is 1.68. The predicted molar refractivity (Wildman–Crippen MR) is 171 cm³/mol. The number of carbonyl (C=O) groups excluding carboxylic acids is 2. The molecule has 4 rings (SSSR count). The van der Waals surface area contributed by atoms with Gasteiger partial charge in [-0.25, -0.2) is 4.98 Å². The van der Waals surface area contributed by atoms with Crippen molar-refractivity contribution in [3.05, 3.63) is 69.2 Å². The van der Waals surface area contributed by atoms with Crippen LogP contribution in [0.5, 0.6) is 0 Å². The number of halogens is 4. The number of ether oxygens (including phenoxy) is 1. The summed E-state index contributed by atoms with van der Waals surface area (Å²) in [6.45, 7) is 10.9. The fraction of sp³-hybridized carbons (Fsp3) is 0.500. The SMILES string of the molecule is CCC1CCCN(c2nc3ccc(Br)cc3c(C(=O)NCC(CCC(=O)OC(C)(C)C)c3ccccc3C(F)(F)F)c2C)C1. The molecule has 1 N–H and O–H groups in total. The van der Waals surface area contributed by atoms with Crippen LogP contribution in [0.3, 0.4) is 0 Å². The molecule has 44 heavy (non-hydrogen) atoms. The maximum absolute atomic E-state index is 14.0. The molecule has 2 unspecified atom stereocenters. The molecule has 1 aromatic heterocycles. The van der Waals surface area contributed by atoms with Crippen LogP contribution >= 0.6 is 15.9 Å². The van der Waals surface area contributed by atoms with Gasteiger partial charge in [-0.3, -0.25) is 9.59 Å². The molecule has 0 spiro atoms. The molecule has 1 amide bonds. The van der Waals surface area contributed by atoms with Crippen molar-refractivity contribution >= 4 is 44.5 Å². The van der Waals surface area contributed by atoms with E-state index in [1.165, 1.54) is 12.1 Å². The van der Waals surface area contributed by atoms with Gasteiger partial charge in [-0.05, 0) is 82.7 Å². The average molecular weight is 677 g/mol. The Morgan fingerprint density at radius 1 is 1.16 bits per heavy atom. The molecule has 0 radical (unpaired) electrons. The lowest BCUT2D eigenvalue weighted by Crippen LogP contribution is -2.37. The Bertz CT molecular complexity index is 1500. The summed E-state index contributed by atoms with van der Waals surface area (Å²) in [7, 11) is 0. The molecule has 2 heterocycles. The second-order valence-corrected chi connectivity index (χ2v) is 13.5. The van der Waals surface area contributed by atoms with Crippen LogP contribution in [0.25, 0.3) is 10.9 Å². The summed E-state index contributed by atoms with van der Waals surface area (Å²) in [4.78, 5) is 33.8. The van der Waals surface area contributed by atoms with Gasteiger partial charge in [0.25, 0.3) is 5.91 Å². The maximum atomic E-state index is 14.0. The zero-order valence-electron chi connectivity index (χ0n) is 26.0. The van der Waals surface area contributed by atoms with Crippen molar-refractivity contribution in [2.75, 3.05) is 24.5 Å². The van der Waals surface area contributed by atoms with E-state index in [0.29, 0.717) is 22.4 Å². The molecule has 1 fully saturated rings. The Kier molecular flexibility index (Phi) is 10.6. The maximum Gasteiger partial charge on any atom is 0.416 e. The van der Waals surface area contributed by atoms with Crippen molar-refractivity contribution in [3.63, 3.8) is 0 Å². The standard InChI is InChI=1S/C34H41BrF3N3O3/c1-6-22-10-9-17-41(20-22)31-21(2)30(26-18-24(35)14-15-28(26)40-31)32(43)39-19-23(13-16-29(42)44-33(3,4)5)25-11-7-8-12-27(25)34(36,37)38/h7-8,11-12,14-15,18,22-23H,6,9-10,13,16-17,19-20H2,1-5H3,(H,39,43). The smallest absolute Gasteiger partial charge is 0.416 e. The minimum atomic E-state index is -4.59. The van der Waals surface area contributed by atoms with Gasteiger partial charge in [0.05, 0.1) is 16.6 Å². The number of fused-ring (bicyclic) bond motifs is 1. The number of rotatable bonds is 9. The van der Waals surface area contributed by atoms with Gasteiger partial charge in [0, 0.05) is 47.4 Å². The van der Waals surface area contributed by atoms with E-state index in [4.69, 9.17) is 9.72 Å². The lowest BCUT2D eigenvalue weighted by atomic mass is 9.89. The minimum Gasteiger partial charge on any atom is -0.460 e. The van der Waals surface area contributed by atoms with Crippen molar-refractivity contribution in [1.29, 1.82) is 0 Å². The monoisotopic (exact) mass is 675 g/mol. The number of nitrogens with zero attached hydrogens (tertiary/aromatic N) is 2. The summed E-state index contributed by atoms with van der Waals surface area (Å²) in [6, 6.07) is 10.9. The third-order valence-electron chi connectivity index (χ3n) is 8.12. The van der Waals surface area contributed by atoms with Crippen molar-refractivity contribution in [1.82, 2.24) is 10.3 Å². The van der Waals surface area contributed by atoms with Gasteiger partial charge in [0.2, 0.25) is 0 Å². The van der Waals surface area contributed by atoms with Gasteiger partial charge in [-0.1, -0.05) is 47.5 Å².